The van der Waals surface area contributed by atoms with Gasteiger partial charge in [0.05, 0.1) is 0 Å². The molecule has 1 nitrogen and oxygen atoms in total. The largest absolute Gasteiger partial charge is 0.310 e. The molecule has 0 spiro atoms. The lowest BCUT2D eigenvalue weighted by Gasteiger charge is -2.25. The molecule has 0 radical (unpaired) electrons. The van der Waals surface area contributed by atoms with E-state index in [-0.39, 0.29) is 0 Å². The molecule has 0 aromatic carbocycles. The maximum absolute atomic E-state index is 3.79. The van der Waals surface area contributed by atoms with Gasteiger partial charge in [-0.3, -0.25) is 0 Å². The van der Waals surface area contributed by atoms with Gasteiger partial charge in [-0.25, -0.2) is 0 Å². The molecule has 2 rings (SSSR count). The summed E-state index contributed by atoms with van der Waals surface area (Å²) in [6.07, 6.45) is 11.3. The molecule has 0 aliphatic heterocycles. The van der Waals surface area contributed by atoms with Crippen LogP contribution in [0.15, 0.2) is 6.07 Å². The van der Waals surface area contributed by atoms with Crippen molar-refractivity contribution in [3.8, 4) is 0 Å². The van der Waals surface area contributed by atoms with E-state index in [2.05, 4.69) is 32.2 Å². The minimum absolute atomic E-state index is 0.585. The Morgan fingerprint density at radius 3 is 2.60 bits per heavy atom. The van der Waals surface area contributed by atoms with Crippen molar-refractivity contribution in [2.75, 3.05) is 6.54 Å². The lowest BCUT2D eigenvalue weighted by molar-refractivity contribution is 0.314. The van der Waals surface area contributed by atoms with Crippen molar-refractivity contribution in [3.05, 3.63) is 21.4 Å². The van der Waals surface area contributed by atoms with Crippen molar-refractivity contribution >= 4 is 11.3 Å². The van der Waals surface area contributed by atoms with Crippen LogP contribution in [0.4, 0.5) is 0 Å². The maximum atomic E-state index is 3.79. The van der Waals surface area contributed by atoms with Gasteiger partial charge >= 0.3 is 0 Å². The van der Waals surface area contributed by atoms with E-state index in [0.29, 0.717) is 6.04 Å². The summed E-state index contributed by atoms with van der Waals surface area (Å²) in [6, 6.07) is 3.00. The number of rotatable bonds is 7. The van der Waals surface area contributed by atoms with Crippen LogP contribution in [0.25, 0.3) is 0 Å². The zero-order valence-electron chi connectivity index (χ0n) is 13.5. The van der Waals surface area contributed by atoms with Gasteiger partial charge < -0.3 is 5.32 Å². The number of thiophene rings is 1. The topological polar surface area (TPSA) is 12.0 Å². The zero-order valence-corrected chi connectivity index (χ0v) is 14.3. The first-order chi connectivity index (χ1) is 9.70. The monoisotopic (exact) mass is 293 g/mol. The second-order valence-electron chi connectivity index (χ2n) is 6.46. The first kappa shape index (κ1) is 16.0. The van der Waals surface area contributed by atoms with E-state index in [0.717, 1.165) is 12.5 Å². The molecule has 1 aromatic rings. The van der Waals surface area contributed by atoms with Crippen LogP contribution >= 0.6 is 11.3 Å². The highest BCUT2D eigenvalue weighted by atomic mass is 32.1. The summed E-state index contributed by atoms with van der Waals surface area (Å²) >= 11 is 1.95. The van der Waals surface area contributed by atoms with Crippen LogP contribution in [-0.4, -0.2) is 6.54 Å². The van der Waals surface area contributed by atoms with E-state index in [1.54, 1.807) is 5.56 Å². The smallest absolute Gasteiger partial charge is 0.0331 e. The third-order valence-electron chi connectivity index (χ3n) is 4.68. The molecular weight excluding hydrogens is 262 g/mol. The van der Waals surface area contributed by atoms with Crippen molar-refractivity contribution < 1.29 is 0 Å². The Labute approximate surface area is 129 Å². The van der Waals surface area contributed by atoms with Gasteiger partial charge in [0.15, 0.2) is 0 Å². The number of hydrogen-bond acceptors (Lipinski definition) is 2. The quantitative estimate of drug-likeness (QED) is 0.673. The Hall–Kier alpha value is -0.340. The van der Waals surface area contributed by atoms with Crippen molar-refractivity contribution in [1.82, 2.24) is 5.32 Å². The van der Waals surface area contributed by atoms with Crippen LogP contribution in [0.3, 0.4) is 0 Å². The summed E-state index contributed by atoms with van der Waals surface area (Å²) in [4.78, 5) is 2.97. The van der Waals surface area contributed by atoms with E-state index < -0.39 is 0 Å². The molecule has 1 unspecified atom stereocenters. The highest BCUT2D eigenvalue weighted by Gasteiger charge is 2.19. The minimum atomic E-state index is 0.585. The van der Waals surface area contributed by atoms with Gasteiger partial charge in [-0.2, -0.15) is 0 Å². The fourth-order valence-corrected chi connectivity index (χ4v) is 4.55. The highest BCUT2D eigenvalue weighted by Crippen LogP contribution is 2.33. The van der Waals surface area contributed by atoms with E-state index in [4.69, 9.17) is 0 Å². The fraction of sp³-hybridized carbons (Fsp3) is 0.778. The van der Waals surface area contributed by atoms with Gasteiger partial charge in [0.1, 0.15) is 0 Å². The Bertz CT molecular complexity index is 390. The highest BCUT2D eigenvalue weighted by molar-refractivity contribution is 7.12. The molecule has 1 aliphatic carbocycles. The van der Waals surface area contributed by atoms with Crippen LogP contribution in [0.2, 0.25) is 0 Å². The summed E-state index contributed by atoms with van der Waals surface area (Å²) in [7, 11) is 0. The van der Waals surface area contributed by atoms with Crippen molar-refractivity contribution in [2.45, 2.75) is 78.2 Å². The molecular formula is C18H31NS. The Balaban J connectivity index is 1.94. The van der Waals surface area contributed by atoms with E-state index >= 15 is 0 Å². The van der Waals surface area contributed by atoms with E-state index in [1.807, 2.05) is 11.3 Å². The predicted molar refractivity (Wildman–Crippen MR) is 90.6 cm³/mol. The molecule has 0 amide bonds. The zero-order chi connectivity index (χ0) is 14.4. The maximum Gasteiger partial charge on any atom is 0.0331 e. The minimum Gasteiger partial charge on any atom is -0.310 e. The first-order valence-electron chi connectivity index (χ1n) is 8.51. The van der Waals surface area contributed by atoms with Crippen LogP contribution in [0, 0.1) is 19.8 Å². The Morgan fingerprint density at radius 1 is 1.25 bits per heavy atom. The fourth-order valence-electron chi connectivity index (χ4n) is 3.56. The molecule has 1 heterocycles. The van der Waals surface area contributed by atoms with Gasteiger partial charge in [0, 0.05) is 15.8 Å². The summed E-state index contributed by atoms with van der Waals surface area (Å²) in [5.41, 5.74) is 1.57. The van der Waals surface area contributed by atoms with Gasteiger partial charge in [0.25, 0.3) is 0 Å². The molecule has 1 fully saturated rings. The van der Waals surface area contributed by atoms with Crippen LogP contribution in [0.1, 0.15) is 79.6 Å². The van der Waals surface area contributed by atoms with E-state index in [9.17, 15) is 0 Å². The second-order valence-corrected chi connectivity index (χ2v) is 7.92. The number of nitrogens with one attached hydrogen (secondary N) is 1. The third kappa shape index (κ3) is 4.60. The Kier molecular flexibility index (Phi) is 6.57. The molecule has 1 atom stereocenters. The molecule has 1 N–H and O–H groups in total. The molecule has 1 aliphatic rings. The summed E-state index contributed by atoms with van der Waals surface area (Å²) in [5, 5.41) is 3.79. The van der Waals surface area contributed by atoms with Gasteiger partial charge in [-0.15, -0.1) is 11.3 Å². The molecule has 114 valence electrons. The summed E-state index contributed by atoms with van der Waals surface area (Å²) in [5.74, 6) is 0.995. The average Bonchev–Trinajstić information content (AvgIpc) is 2.79. The van der Waals surface area contributed by atoms with Crippen molar-refractivity contribution in [2.24, 2.45) is 5.92 Å². The third-order valence-corrected chi connectivity index (χ3v) is 5.67. The SMILES string of the molecule is CCCNC(CCC1CCCCC1)c1cc(C)sc1C. The normalized spacial score (nSPS) is 18.4. The average molecular weight is 294 g/mol. The Morgan fingerprint density at radius 2 is 2.00 bits per heavy atom. The lowest BCUT2D eigenvalue weighted by atomic mass is 9.84. The van der Waals surface area contributed by atoms with Gasteiger partial charge in [-0.05, 0) is 57.2 Å². The van der Waals surface area contributed by atoms with Crippen LogP contribution in [-0.2, 0) is 0 Å². The molecule has 0 bridgehead atoms. The predicted octanol–water partition coefficient (Wildman–Crippen LogP) is 5.77. The molecule has 1 aromatic heterocycles. The molecule has 1 saturated carbocycles. The summed E-state index contributed by atoms with van der Waals surface area (Å²) < 4.78 is 0. The second kappa shape index (κ2) is 8.19. The number of hydrogen-bond donors (Lipinski definition) is 1. The first-order valence-corrected chi connectivity index (χ1v) is 9.32. The molecule has 0 saturated heterocycles. The van der Waals surface area contributed by atoms with E-state index in [1.165, 1.54) is 61.1 Å². The molecule has 2 heteroatoms. The van der Waals surface area contributed by atoms with Crippen LogP contribution < -0.4 is 5.32 Å². The lowest BCUT2D eigenvalue weighted by Crippen LogP contribution is -2.23. The van der Waals surface area contributed by atoms with Gasteiger partial charge in [0.2, 0.25) is 0 Å². The number of aryl methyl sites for hydroxylation is 2. The molecule has 20 heavy (non-hydrogen) atoms. The standard InChI is InChI=1S/C18H31NS/c1-4-12-19-18(17-13-14(2)20-15(17)3)11-10-16-8-6-5-7-9-16/h13,16,18-19H,4-12H2,1-3H3. The van der Waals surface area contributed by atoms with Crippen molar-refractivity contribution in [1.29, 1.82) is 0 Å². The van der Waals surface area contributed by atoms with Gasteiger partial charge in [-0.1, -0.05) is 39.0 Å². The summed E-state index contributed by atoms with van der Waals surface area (Å²) in [6.45, 7) is 7.92. The van der Waals surface area contributed by atoms with Crippen LogP contribution in [0.5, 0.6) is 0 Å². The van der Waals surface area contributed by atoms with Crippen molar-refractivity contribution in [3.63, 3.8) is 0 Å².